The average Bonchev–Trinajstić information content (AvgIpc) is 2.53. The van der Waals surface area contributed by atoms with Crippen LogP contribution in [0.5, 0.6) is 0 Å². The molecule has 22 heavy (non-hydrogen) atoms. The molecule has 1 atom stereocenters. The van der Waals surface area contributed by atoms with Gasteiger partial charge in [-0.3, -0.25) is 19.7 Å². The molecule has 0 aromatic heterocycles. The zero-order valence-electron chi connectivity index (χ0n) is 11.7. The summed E-state index contributed by atoms with van der Waals surface area (Å²) in [5.74, 6) is -0.335. The van der Waals surface area contributed by atoms with Crippen molar-refractivity contribution < 1.29 is 19.2 Å². The highest BCUT2D eigenvalue weighted by Crippen LogP contribution is 2.27. The minimum Gasteiger partial charge on any atom is -0.468 e. The maximum atomic E-state index is 12.5. The lowest BCUT2D eigenvalue weighted by Crippen LogP contribution is -2.45. The largest absolute Gasteiger partial charge is 0.468 e. The third-order valence-electron chi connectivity index (χ3n) is 3.20. The zero-order chi connectivity index (χ0) is 16.3. The van der Waals surface area contributed by atoms with Gasteiger partial charge in [-0.05, 0) is 12.1 Å². The van der Waals surface area contributed by atoms with Gasteiger partial charge in [0.25, 0.3) is 11.6 Å². The Labute approximate surface area is 135 Å². The second-order valence-corrected chi connectivity index (χ2v) is 6.30. The smallest absolute Gasteiger partial charge is 0.320 e. The van der Waals surface area contributed by atoms with Gasteiger partial charge in [0, 0.05) is 29.9 Å². The number of thioether (sulfide) groups is 1. The third kappa shape index (κ3) is 3.50. The molecule has 0 spiro atoms. The van der Waals surface area contributed by atoms with E-state index in [0.29, 0.717) is 12.3 Å². The number of ether oxygens (including phenoxy) is 1. The van der Waals surface area contributed by atoms with Gasteiger partial charge >= 0.3 is 5.97 Å². The lowest BCUT2D eigenvalue weighted by molar-refractivity contribution is -0.385. The number of hydrogen-bond donors (Lipinski definition) is 0. The van der Waals surface area contributed by atoms with E-state index >= 15 is 0 Å². The Hall–Kier alpha value is -1.80. The van der Waals surface area contributed by atoms with Crippen LogP contribution in [-0.4, -0.2) is 52.9 Å². The van der Waals surface area contributed by atoms with Gasteiger partial charge in [-0.25, -0.2) is 0 Å². The van der Waals surface area contributed by atoms with Gasteiger partial charge in [0.05, 0.1) is 12.0 Å². The van der Waals surface area contributed by atoms with E-state index < -0.39 is 22.0 Å². The highest BCUT2D eigenvalue weighted by molar-refractivity contribution is 8.00. The van der Waals surface area contributed by atoms with Crippen LogP contribution in [0.4, 0.5) is 5.69 Å². The third-order valence-corrected chi connectivity index (χ3v) is 4.60. The Balaban J connectivity index is 2.24. The number of carbonyl (C=O) groups excluding carboxylic acids is 2. The fraction of sp³-hybridized carbons (Fsp3) is 0.385. The molecule has 7 nitrogen and oxygen atoms in total. The summed E-state index contributed by atoms with van der Waals surface area (Å²) < 4.78 is 4.68. The molecule has 9 heteroatoms. The number of carbonyl (C=O) groups is 2. The predicted molar refractivity (Wildman–Crippen MR) is 82.3 cm³/mol. The summed E-state index contributed by atoms with van der Waals surface area (Å²) in [7, 11) is 1.29. The van der Waals surface area contributed by atoms with Crippen LogP contribution in [0, 0.1) is 10.1 Å². The minimum absolute atomic E-state index is 0.0371. The molecule has 1 aromatic rings. The molecule has 2 rings (SSSR count). The standard InChI is InChI=1S/C13H13ClN2O5S/c1-21-13(18)11-7-15(4-5-22-11)12(17)9-3-2-8(14)6-10(9)16(19)20/h2-3,6,11H,4-5,7H2,1H3/t11-/m0/s1. The van der Waals surface area contributed by atoms with E-state index in [4.69, 9.17) is 11.6 Å². The number of nitro benzene ring substituents is 1. The van der Waals surface area contributed by atoms with Crippen LogP contribution >= 0.6 is 23.4 Å². The summed E-state index contributed by atoms with van der Waals surface area (Å²) in [6.07, 6.45) is 0. The maximum Gasteiger partial charge on any atom is 0.320 e. The first-order valence-corrected chi connectivity index (χ1v) is 7.79. The summed E-state index contributed by atoms with van der Waals surface area (Å²) >= 11 is 7.14. The van der Waals surface area contributed by atoms with Crippen LogP contribution in [0.2, 0.25) is 5.02 Å². The van der Waals surface area contributed by atoms with Crippen molar-refractivity contribution in [3.8, 4) is 0 Å². The van der Waals surface area contributed by atoms with Gasteiger partial charge in [-0.15, -0.1) is 11.8 Å². The van der Waals surface area contributed by atoms with E-state index in [2.05, 4.69) is 4.74 Å². The number of nitro groups is 1. The van der Waals surface area contributed by atoms with Gasteiger partial charge in [0.2, 0.25) is 0 Å². The van der Waals surface area contributed by atoms with Crippen LogP contribution in [-0.2, 0) is 9.53 Å². The molecule has 0 bridgehead atoms. The summed E-state index contributed by atoms with van der Waals surface area (Å²) in [6, 6.07) is 3.90. The lowest BCUT2D eigenvalue weighted by Gasteiger charge is -2.30. The monoisotopic (exact) mass is 344 g/mol. The molecule has 0 saturated carbocycles. The summed E-state index contributed by atoms with van der Waals surface area (Å²) in [5, 5.41) is 10.8. The molecular weight excluding hydrogens is 332 g/mol. The summed E-state index contributed by atoms with van der Waals surface area (Å²) in [4.78, 5) is 36.0. The van der Waals surface area contributed by atoms with Gasteiger partial charge in [0.15, 0.2) is 0 Å². The van der Waals surface area contributed by atoms with Crippen LogP contribution in [0.25, 0.3) is 0 Å². The van der Waals surface area contributed by atoms with E-state index in [9.17, 15) is 19.7 Å². The van der Waals surface area contributed by atoms with E-state index in [1.807, 2.05) is 0 Å². The first kappa shape index (κ1) is 16.6. The molecule has 1 aliphatic heterocycles. The number of nitrogens with zero attached hydrogens (tertiary/aromatic N) is 2. The highest BCUT2D eigenvalue weighted by Gasteiger charge is 2.32. The second kappa shape index (κ2) is 6.97. The van der Waals surface area contributed by atoms with Crippen LogP contribution < -0.4 is 0 Å². The first-order valence-electron chi connectivity index (χ1n) is 6.36. The Kier molecular flexibility index (Phi) is 5.25. The number of esters is 1. The quantitative estimate of drug-likeness (QED) is 0.473. The van der Waals surface area contributed by atoms with Crippen molar-refractivity contribution in [1.29, 1.82) is 0 Å². The molecular formula is C13H13ClN2O5S. The van der Waals surface area contributed by atoms with E-state index in [-0.39, 0.29) is 22.8 Å². The molecule has 1 amide bonds. The molecule has 1 fully saturated rings. The van der Waals surface area contributed by atoms with Crippen molar-refractivity contribution in [2.45, 2.75) is 5.25 Å². The zero-order valence-corrected chi connectivity index (χ0v) is 13.2. The Bertz CT molecular complexity index is 624. The van der Waals surface area contributed by atoms with Gasteiger partial charge < -0.3 is 9.64 Å². The first-order chi connectivity index (χ1) is 10.4. The van der Waals surface area contributed by atoms with Crippen molar-refractivity contribution in [3.05, 3.63) is 38.9 Å². The number of rotatable bonds is 3. The van der Waals surface area contributed by atoms with E-state index in [1.165, 1.54) is 35.9 Å². The van der Waals surface area contributed by atoms with E-state index in [0.717, 1.165) is 6.07 Å². The van der Waals surface area contributed by atoms with Crippen molar-refractivity contribution in [1.82, 2.24) is 4.90 Å². The number of halogens is 1. The fourth-order valence-corrected chi connectivity index (χ4v) is 3.41. The Morgan fingerprint density at radius 2 is 2.23 bits per heavy atom. The van der Waals surface area contributed by atoms with Crippen LogP contribution in [0.3, 0.4) is 0 Å². The van der Waals surface area contributed by atoms with Crippen molar-refractivity contribution in [2.24, 2.45) is 0 Å². The number of hydrogen-bond acceptors (Lipinski definition) is 6. The molecule has 118 valence electrons. The predicted octanol–water partition coefficient (Wildman–Crippen LogP) is 1.98. The molecule has 0 unspecified atom stereocenters. The van der Waals surface area contributed by atoms with Crippen molar-refractivity contribution in [2.75, 3.05) is 26.0 Å². The van der Waals surface area contributed by atoms with Crippen molar-refractivity contribution in [3.63, 3.8) is 0 Å². The van der Waals surface area contributed by atoms with Crippen LogP contribution in [0.15, 0.2) is 18.2 Å². The highest BCUT2D eigenvalue weighted by atomic mass is 35.5. The normalized spacial score (nSPS) is 17.9. The van der Waals surface area contributed by atoms with Gasteiger partial charge in [-0.2, -0.15) is 0 Å². The van der Waals surface area contributed by atoms with Crippen molar-refractivity contribution >= 4 is 40.9 Å². The number of amides is 1. The summed E-state index contributed by atoms with van der Waals surface area (Å²) in [6.45, 7) is 0.576. The second-order valence-electron chi connectivity index (χ2n) is 4.55. The Morgan fingerprint density at radius 1 is 1.50 bits per heavy atom. The SMILES string of the molecule is COC(=O)[C@@H]1CN(C(=O)c2ccc(Cl)cc2[N+](=O)[O-])CCS1. The molecule has 1 aliphatic rings. The van der Waals surface area contributed by atoms with E-state index in [1.54, 1.807) is 0 Å². The molecule has 0 radical (unpaired) electrons. The molecule has 1 heterocycles. The number of benzene rings is 1. The maximum absolute atomic E-state index is 12.5. The molecule has 1 saturated heterocycles. The minimum atomic E-state index is -0.643. The lowest BCUT2D eigenvalue weighted by atomic mass is 10.1. The topological polar surface area (TPSA) is 89.8 Å². The van der Waals surface area contributed by atoms with Gasteiger partial charge in [0.1, 0.15) is 10.8 Å². The molecule has 1 aromatic carbocycles. The number of methoxy groups -OCH3 is 1. The van der Waals surface area contributed by atoms with Gasteiger partial charge in [-0.1, -0.05) is 11.6 Å². The molecule has 0 N–H and O–H groups in total. The Morgan fingerprint density at radius 3 is 2.86 bits per heavy atom. The fourth-order valence-electron chi connectivity index (χ4n) is 2.11. The summed E-state index contributed by atoms with van der Waals surface area (Å²) in [5.41, 5.74) is -0.379. The average molecular weight is 345 g/mol. The van der Waals surface area contributed by atoms with Crippen LogP contribution in [0.1, 0.15) is 10.4 Å². The molecule has 0 aliphatic carbocycles.